The summed E-state index contributed by atoms with van der Waals surface area (Å²) in [5.74, 6) is -0.361. The Morgan fingerprint density at radius 1 is 1.15 bits per heavy atom. The zero-order chi connectivity index (χ0) is 19.4. The predicted octanol–water partition coefficient (Wildman–Crippen LogP) is 3.41. The van der Waals surface area contributed by atoms with Crippen molar-refractivity contribution in [3.63, 3.8) is 0 Å². The van der Waals surface area contributed by atoms with Crippen LogP contribution in [0.3, 0.4) is 0 Å². The number of carbonyl (C=O) groups excluding carboxylic acids is 1. The number of hydrogen-bond acceptors (Lipinski definition) is 3. The van der Waals surface area contributed by atoms with Gasteiger partial charge in [-0.25, -0.2) is 0 Å². The molecule has 0 radical (unpaired) electrons. The van der Waals surface area contributed by atoms with E-state index in [1.807, 2.05) is 12.1 Å². The third kappa shape index (κ3) is 4.37. The van der Waals surface area contributed by atoms with Crippen LogP contribution in [0.4, 0.5) is 13.2 Å². The molecule has 0 aromatic carbocycles. The van der Waals surface area contributed by atoms with E-state index in [9.17, 15) is 22.8 Å². The number of alkyl halides is 3. The highest BCUT2D eigenvalue weighted by molar-refractivity contribution is 5.76. The van der Waals surface area contributed by atoms with Crippen molar-refractivity contribution in [3.05, 3.63) is 64.3 Å². The molecule has 1 aliphatic heterocycles. The number of nitrogens with zero attached hydrogens (tertiary/aromatic N) is 3. The standard InChI is InChI=1S/C19H20F3N3O2/c20-19(21,22)15-5-4-11-24(18(15)27)13-17(26)25-12-3-1-2-6-16(25)14-7-9-23-10-8-14/h4-5,7-11,16H,1-3,6,12-13H2. The van der Waals surface area contributed by atoms with Gasteiger partial charge in [-0.05, 0) is 42.7 Å². The minimum atomic E-state index is -4.74. The van der Waals surface area contributed by atoms with Gasteiger partial charge < -0.3 is 9.47 Å². The third-order valence-corrected chi connectivity index (χ3v) is 4.80. The molecular weight excluding hydrogens is 359 g/mol. The fourth-order valence-electron chi connectivity index (χ4n) is 3.45. The second-order valence-electron chi connectivity index (χ2n) is 6.59. The van der Waals surface area contributed by atoms with Crippen LogP contribution >= 0.6 is 0 Å². The Labute approximate surface area is 154 Å². The van der Waals surface area contributed by atoms with Crippen molar-refractivity contribution in [1.82, 2.24) is 14.5 Å². The van der Waals surface area contributed by atoms with Gasteiger partial charge in [-0.2, -0.15) is 13.2 Å². The molecule has 1 atom stereocenters. The maximum atomic E-state index is 12.9. The largest absolute Gasteiger partial charge is 0.421 e. The minimum Gasteiger partial charge on any atom is -0.334 e. The lowest BCUT2D eigenvalue weighted by molar-refractivity contribution is -0.140. The van der Waals surface area contributed by atoms with Crippen molar-refractivity contribution in [2.24, 2.45) is 0 Å². The summed E-state index contributed by atoms with van der Waals surface area (Å²) in [4.78, 5) is 30.7. The van der Waals surface area contributed by atoms with E-state index in [-0.39, 0.29) is 11.9 Å². The van der Waals surface area contributed by atoms with Gasteiger partial charge in [0.2, 0.25) is 5.91 Å². The topological polar surface area (TPSA) is 55.2 Å². The predicted molar refractivity (Wildman–Crippen MR) is 92.9 cm³/mol. The molecule has 144 valence electrons. The molecule has 1 fully saturated rings. The Kier molecular flexibility index (Phi) is 5.62. The van der Waals surface area contributed by atoms with E-state index in [1.165, 1.54) is 6.20 Å². The van der Waals surface area contributed by atoms with Crippen LogP contribution in [-0.4, -0.2) is 26.9 Å². The van der Waals surface area contributed by atoms with E-state index in [0.717, 1.165) is 47.9 Å². The number of amides is 1. The highest BCUT2D eigenvalue weighted by Crippen LogP contribution is 2.30. The molecule has 1 amide bonds. The summed E-state index contributed by atoms with van der Waals surface area (Å²) in [5.41, 5.74) is -1.52. The average molecular weight is 379 g/mol. The SMILES string of the molecule is O=C(Cn1cccc(C(F)(F)F)c1=O)N1CCCCCC1c1ccncc1. The zero-order valence-electron chi connectivity index (χ0n) is 14.7. The van der Waals surface area contributed by atoms with Gasteiger partial charge >= 0.3 is 6.18 Å². The quantitative estimate of drug-likeness (QED) is 0.821. The first-order valence-electron chi connectivity index (χ1n) is 8.84. The van der Waals surface area contributed by atoms with Crippen LogP contribution in [0.5, 0.6) is 0 Å². The van der Waals surface area contributed by atoms with Gasteiger partial charge in [0.15, 0.2) is 0 Å². The maximum absolute atomic E-state index is 12.9. The fraction of sp³-hybridized carbons (Fsp3) is 0.421. The Morgan fingerprint density at radius 2 is 1.89 bits per heavy atom. The van der Waals surface area contributed by atoms with E-state index in [4.69, 9.17) is 0 Å². The third-order valence-electron chi connectivity index (χ3n) is 4.80. The number of aromatic nitrogens is 2. The molecule has 2 aromatic heterocycles. The van der Waals surface area contributed by atoms with E-state index in [1.54, 1.807) is 17.3 Å². The van der Waals surface area contributed by atoms with Crippen molar-refractivity contribution in [2.75, 3.05) is 6.54 Å². The van der Waals surface area contributed by atoms with Gasteiger partial charge in [0.05, 0.1) is 6.04 Å². The molecule has 0 aliphatic carbocycles. The lowest BCUT2D eigenvalue weighted by Gasteiger charge is -2.30. The van der Waals surface area contributed by atoms with Crippen LogP contribution in [0.1, 0.15) is 42.9 Å². The highest BCUT2D eigenvalue weighted by atomic mass is 19.4. The summed E-state index contributed by atoms with van der Waals surface area (Å²) in [5, 5.41) is 0. The second-order valence-corrected chi connectivity index (χ2v) is 6.59. The summed E-state index contributed by atoms with van der Waals surface area (Å²) in [7, 11) is 0. The van der Waals surface area contributed by atoms with Crippen molar-refractivity contribution < 1.29 is 18.0 Å². The summed E-state index contributed by atoms with van der Waals surface area (Å²) < 4.78 is 39.7. The normalized spacial score (nSPS) is 18.2. The Bertz CT molecular complexity index is 849. The second kappa shape index (κ2) is 7.94. The first kappa shape index (κ1) is 19.1. The molecular formula is C19H20F3N3O2. The van der Waals surface area contributed by atoms with Crippen molar-refractivity contribution in [3.8, 4) is 0 Å². The number of likely N-dealkylation sites (tertiary alicyclic amines) is 1. The molecule has 0 bridgehead atoms. The molecule has 3 heterocycles. The van der Waals surface area contributed by atoms with E-state index in [0.29, 0.717) is 6.54 Å². The first-order valence-corrected chi connectivity index (χ1v) is 8.84. The monoisotopic (exact) mass is 379 g/mol. The maximum Gasteiger partial charge on any atom is 0.421 e. The molecule has 1 saturated heterocycles. The van der Waals surface area contributed by atoms with Crippen LogP contribution in [0.25, 0.3) is 0 Å². The van der Waals surface area contributed by atoms with Gasteiger partial charge in [0.1, 0.15) is 12.1 Å². The van der Waals surface area contributed by atoms with E-state index < -0.39 is 23.8 Å². The number of carbonyl (C=O) groups is 1. The number of pyridine rings is 2. The Morgan fingerprint density at radius 3 is 2.59 bits per heavy atom. The molecule has 1 unspecified atom stereocenters. The van der Waals surface area contributed by atoms with Gasteiger partial charge in [0.25, 0.3) is 5.56 Å². The lowest BCUT2D eigenvalue weighted by Crippen LogP contribution is -2.39. The highest BCUT2D eigenvalue weighted by Gasteiger charge is 2.35. The van der Waals surface area contributed by atoms with Crippen LogP contribution in [0.2, 0.25) is 0 Å². The van der Waals surface area contributed by atoms with Crippen LogP contribution < -0.4 is 5.56 Å². The van der Waals surface area contributed by atoms with E-state index >= 15 is 0 Å². The van der Waals surface area contributed by atoms with Crippen LogP contribution in [-0.2, 0) is 17.5 Å². The molecule has 0 N–H and O–H groups in total. The molecule has 8 heteroatoms. The molecule has 5 nitrogen and oxygen atoms in total. The molecule has 2 aromatic rings. The van der Waals surface area contributed by atoms with Gasteiger partial charge in [-0.1, -0.05) is 12.8 Å². The van der Waals surface area contributed by atoms with Gasteiger partial charge in [-0.3, -0.25) is 14.6 Å². The smallest absolute Gasteiger partial charge is 0.334 e. The number of halogens is 3. The minimum absolute atomic E-state index is 0.162. The van der Waals surface area contributed by atoms with Crippen LogP contribution in [0, 0.1) is 0 Å². The summed E-state index contributed by atoms with van der Waals surface area (Å²) >= 11 is 0. The van der Waals surface area contributed by atoms with Crippen LogP contribution in [0.15, 0.2) is 47.7 Å². The molecule has 3 rings (SSSR count). The summed E-state index contributed by atoms with van der Waals surface area (Å²) in [6, 6.07) is 5.39. The Hall–Kier alpha value is -2.64. The summed E-state index contributed by atoms with van der Waals surface area (Å²) in [6.07, 6.45) is 3.31. The van der Waals surface area contributed by atoms with Gasteiger partial charge in [0, 0.05) is 25.1 Å². The average Bonchev–Trinajstić information content (AvgIpc) is 2.89. The van der Waals surface area contributed by atoms with Gasteiger partial charge in [-0.15, -0.1) is 0 Å². The van der Waals surface area contributed by atoms with Crippen molar-refractivity contribution >= 4 is 5.91 Å². The molecule has 0 saturated carbocycles. The first-order chi connectivity index (χ1) is 12.9. The van der Waals surface area contributed by atoms with Crippen molar-refractivity contribution in [2.45, 2.75) is 44.4 Å². The molecule has 27 heavy (non-hydrogen) atoms. The lowest BCUT2D eigenvalue weighted by atomic mass is 10.0. The summed E-state index contributed by atoms with van der Waals surface area (Å²) in [6.45, 7) is 0.101. The number of hydrogen-bond donors (Lipinski definition) is 0. The zero-order valence-corrected chi connectivity index (χ0v) is 14.7. The molecule has 1 aliphatic rings. The van der Waals surface area contributed by atoms with Crippen molar-refractivity contribution in [1.29, 1.82) is 0 Å². The number of rotatable bonds is 3. The Balaban J connectivity index is 1.87. The fourth-order valence-corrected chi connectivity index (χ4v) is 3.45. The molecule has 0 spiro atoms. The van der Waals surface area contributed by atoms with E-state index in [2.05, 4.69) is 4.98 Å².